The van der Waals surface area contributed by atoms with E-state index in [-0.39, 0.29) is 35.7 Å². The van der Waals surface area contributed by atoms with E-state index < -0.39 is 34.8 Å². The zero-order valence-corrected chi connectivity index (χ0v) is 15.5. The molecule has 1 saturated carbocycles. The van der Waals surface area contributed by atoms with Gasteiger partial charge in [-0.2, -0.15) is 13.2 Å². The molecule has 0 saturated heterocycles. The Balaban J connectivity index is 1.73. The minimum absolute atomic E-state index is 0.0193. The van der Waals surface area contributed by atoms with Gasteiger partial charge in [0.15, 0.2) is 5.69 Å². The molecule has 1 fully saturated rings. The number of pyridine rings is 1. The largest absolute Gasteiger partial charge is 0.497 e. The topological polar surface area (TPSA) is 52.8 Å². The van der Waals surface area contributed by atoms with Gasteiger partial charge in [-0.05, 0) is 23.8 Å². The van der Waals surface area contributed by atoms with Crippen LogP contribution in [0.25, 0.3) is 16.8 Å². The van der Waals surface area contributed by atoms with E-state index in [2.05, 4.69) is 4.98 Å². The molecule has 0 radical (unpaired) electrons. The Kier molecular flexibility index (Phi) is 4.67. The van der Waals surface area contributed by atoms with E-state index >= 15 is 0 Å². The first-order valence-electron chi connectivity index (χ1n) is 8.89. The van der Waals surface area contributed by atoms with Gasteiger partial charge in [0.1, 0.15) is 17.1 Å². The lowest BCUT2D eigenvalue weighted by atomic mass is 10.0. The lowest BCUT2D eigenvalue weighted by Crippen LogP contribution is -2.24. The molecule has 4 rings (SSSR count). The van der Waals surface area contributed by atoms with Gasteiger partial charge in [0.25, 0.3) is 11.5 Å². The summed E-state index contributed by atoms with van der Waals surface area (Å²) in [6.45, 7) is -0.192. The molecule has 0 bridgehead atoms. The second-order valence-corrected chi connectivity index (χ2v) is 6.93. The quantitative estimate of drug-likeness (QED) is 0.567. The molecular weight excluding hydrogens is 411 g/mol. The van der Waals surface area contributed by atoms with Gasteiger partial charge >= 0.3 is 6.18 Å². The van der Waals surface area contributed by atoms with Crippen molar-refractivity contribution in [3.05, 3.63) is 58.6 Å². The van der Waals surface area contributed by atoms with E-state index in [4.69, 9.17) is 9.47 Å². The molecule has 1 aliphatic carbocycles. The van der Waals surface area contributed by atoms with Crippen molar-refractivity contribution >= 4 is 5.65 Å². The summed E-state index contributed by atoms with van der Waals surface area (Å²) in [5, 5.41) is 0. The zero-order valence-electron chi connectivity index (χ0n) is 15.5. The van der Waals surface area contributed by atoms with Crippen LogP contribution >= 0.6 is 0 Å². The predicted octanol–water partition coefficient (Wildman–Crippen LogP) is 4.42. The standard InChI is InChI=1S/C20H15F5N2O3/c1-29-14-6-7-27-15(8-14)26-17(20(23,24)25)16(18(27)28)11-2-4-13(5-3-11)30-10-12-9-19(12,21)22/h2-8,12H,9-10H2,1H3. The molecule has 1 atom stereocenters. The molecule has 1 unspecified atom stereocenters. The first-order chi connectivity index (χ1) is 14.1. The van der Waals surface area contributed by atoms with Gasteiger partial charge in [-0.1, -0.05) is 12.1 Å². The van der Waals surface area contributed by atoms with Crippen molar-refractivity contribution in [3.8, 4) is 22.6 Å². The van der Waals surface area contributed by atoms with E-state index in [1.54, 1.807) is 0 Å². The van der Waals surface area contributed by atoms with Gasteiger partial charge in [-0.15, -0.1) is 0 Å². The van der Waals surface area contributed by atoms with Gasteiger partial charge in [-0.3, -0.25) is 9.20 Å². The molecule has 2 aromatic heterocycles. The number of rotatable bonds is 5. The van der Waals surface area contributed by atoms with Crippen molar-refractivity contribution in [2.45, 2.75) is 18.5 Å². The number of nitrogens with zero attached hydrogens (tertiary/aromatic N) is 2. The van der Waals surface area contributed by atoms with Crippen LogP contribution in [0.5, 0.6) is 11.5 Å². The molecule has 1 aromatic carbocycles. The van der Waals surface area contributed by atoms with Crippen LogP contribution in [0, 0.1) is 5.92 Å². The summed E-state index contributed by atoms with van der Waals surface area (Å²) in [5.74, 6) is -3.12. The predicted molar refractivity (Wildman–Crippen MR) is 97.0 cm³/mol. The first kappa shape index (κ1) is 20.1. The molecule has 1 aliphatic rings. The van der Waals surface area contributed by atoms with Crippen LogP contribution in [0.3, 0.4) is 0 Å². The third-order valence-electron chi connectivity index (χ3n) is 4.86. The summed E-state index contributed by atoms with van der Waals surface area (Å²) in [5.41, 5.74) is -3.08. The maximum absolute atomic E-state index is 13.7. The molecule has 10 heteroatoms. The molecule has 158 valence electrons. The second-order valence-electron chi connectivity index (χ2n) is 6.93. The summed E-state index contributed by atoms with van der Waals surface area (Å²) in [6, 6.07) is 7.85. The van der Waals surface area contributed by atoms with E-state index in [1.807, 2.05) is 0 Å². The average Bonchev–Trinajstić information content (AvgIpc) is 3.32. The van der Waals surface area contributed by atoms with Crippen LogP contribution in [0.15, 0.2) is 47.4 Å². The molecule has 0 spiro atoms. The van der Waals surface area contributed by atoms with E-state index in [0.29, 0.717) is 0 Å². The number of fused-ring (bicyclic) bond motifs is 1. The number of ether oxygens (including phenoxy) is 2. The van der Waals surface area contributed by atoms with Gasteiger partial charge in [0.2, 0.25) is 0 Å². The maximum Gasteiger partial charge on any atom is 0.434 e. The third kappa shape index (κ3) is 3.69. The number of hydrogen-bond acceptors (Lipinski definition) is 4. The van der Waals surface area contributed by atoms with Crippen LogP contribution in [-0.2, 0) is 6.18 Å². The fourth-order valence-corrected chi connectivity index (χ4v) is 3.08. The molecule has 2 heterocycles. The van der Waals surface area contributed by atoms with Gasteiger partial charge in [-0.25, -0.2) is 13.8 Å². The highest BCUT2D eigenvalue weighted by Crippen LogP contribution is 2.48. The number of hydrogen-bond donors (Lipinski definition) is 0. The van der Waals surface area contributed by atoms with Crippen LogP contribution in [-0.4, -0.2) is 29.0 Å². The van der Waals surface area contributed by atoms with Crippen molar-refractivity contribution in [1.29, 1.82) is 0 Å². The fraction of sp³-hybridized carbons (Fsp3) is 0.300. The van der Waals surface area contributed by atoms with Gasteiger partial charge in [0.05, 0.1) is 25.2 Å². The molecular formula is C20H15F5N2O3. The molecule has 5 nitrogen and oxygen atoms in total. The zero-order chi connectivity index (χ0) is 21.7. The number of benzene rings is 1. The summed E-state index contributed by atoms with van der Waals surface area (Å²) in [6.07, 6.45) is -3.84. The molecule has 0 N–H and O–H groups in total. The lowest BCUT2D eigenvalue weighted by Gasteiger charge is -2.14. The Bertz CT molecular complexity index is 1160. The van der Waals surface area contributed by atoms with Crippen LogP contribution < -0.4 is 15.0 Å². The fourth-order valence-electron chi connectivity index (χ4n) is 3.08. The molecule has 0 amide bonds. The van der Waals surface area contributed by atoms with Crippen molar-refractivity contribution < 1.29 is 31.4 Å². The Morgan fingerprint density at radius 3 is 2.40 bits per heavy atom. The van der Waals surface area contributed by atoms with Crippen molar-refractivity contribution in [2.75, 3.05) is 13.7 Å². The summed E-state index contributed by atoms with van der Waals surface area (Å²) < 4.78 is 78.0. The Labute approximate surface area is 166 Å². The minimum Gasteiger partial charge on any atom is -0.497 e. The highest BCUT2D eigenvalue weighted by Gasteiger charge is 2.57. The summed E-state index contributed by atoms with van der Waals surface area (Å²) in [4.78, 5) is 16.5. The van der Waals surface area contributed by atoms with E-state index in [9.17, 15) is 26.7 Å². The van der Waals surface area contributed by atoms with E-state index in [0.717, 1.165) is 4.40 Å². The van der Waals surface area contributed by atoms with Gasteiger partial charge < -0.3 is 9.47 Å². The van der Waals surface area contributed by atoms with Crippen molar-refractivity contribution in [3.63, 3.8) is 0 Å². The average molecular weight is 426 g/mol. The molecule has 30 heavy (non-hydrogen) atoms. The number of aromatic nitrogens is 2. The SMILES string of the molecule is COc1ccn2c(=O)c(-c3ccc(OCC4CC4(F)F)cc3)c(C(F)(F)F)nc2c1. The number of halogens is 5. The second kappa shape index (κ2) is 6.96. The van der Waals surface area contributed by atoms with Crippen molar-refractivity contribution in [1.82, 2.24) is 9.38 Å². The minimum atomic E-state index is -4.88. The van der Waals surface area contributed by atoms with Gasteiger partial charge in [0, 0.05) is 18.7 Å². The lowest BCUT2D eigenvalue weighted by molar-refractivity contribution is -0.140. The van der Waals surface area contributed by atoms with Crippen LogP contribution in [0.1, 0.15) is 12.1 Å². The van der Waals surface area contributed by atoms with Crippen LogP contribution in [0.2, 0.25) is 0 Å². The normalized spacial score (nSPS) is 17.7. The summed E-state index contributed by atoms with van der Waals surface area (Å²) in [7, 11) is 1.34. The number of methoxy groups -OCH3 is 1. The van der Waals surface area contributed by atoms with Crippen molar-refractivity contribution in [2.24, 2.45) is 5.92 Å². The third-order valence-corrected chi connectivity index (χ3v) is 4.86. The van der Waals surface area contributed by atoms with Crippen LogP contribution in [0.4, 0.5) is 22.0 Å². The maximum atomic E-state index is 13.7. The summed E-state index contributed by atoms with van der Waals surface area (Å²) >= 11 is 0. The highest BCUT2D eigenvalue weighted by molar-refractivity contribution is 5.68. The monoisotopic (exact) mass is 426 g/mol. The highest BCUT2D eigenvalue weighted by atomic mass is 19.4. The Morgan fingerprint density at radius 2 is 1.83 bits per heavy atom. The molecule has 3 aromatic rings. The smallest absolute Gasteiger partial charge is 0.434 e. The Hall–Kier alpha value is -3.17. The molecule has 0 aliphatic heterocycles. The Morgan fingerprint density at radius 1 is 1.17 bits per heavy atom. The first-order valence-corrected chi connectivity index (χ1v) is 8.89. The number of alkyl halides is 5. The van der Waals surface area contributed by atoms with E-state index in [1.165, 1.54) is 49.7 Å².